The van der Waals surface area contributed by atoms with Gasteiger partial charge in [0.2, 0.25) is 0 Å². The lowest BCUT2D eigenvalue weighted by Crippen LogP contribution is -2.29. The fraction of sp³-hybridized carbons (Fsp3) is 0.385. The van der Waals surface area contributed by atoms with E-state index in [0.29, 0.717) is 0 Å². The highest BCUT2D eigenvalue weighted by Gasteiger charge is 2.11. The summed E-state index contributed by atoms with van der Waals surface area (Å²) in [6.45, 7) is 1.98. The number of hydrogen-bond acceptors (Lipinski definition) is 6. The summed E-state index contributed by atoms with van der Waals surface area (Å²) >= 11 is 0. The van der Waals surface area contributed by atoms with Gasteiger partial charge in [0.25, 0.3) is 0 Å². The molecule has 0 atom stereocenters. The summed E-state index contributed by atoms with van der Waals surface area (Å²) in [5.41, 5.74) is 0.417. The van der Waals surface area contributed by atoms with Crippen molar-refractivity contribution >= 4 is 5.97 Å². The molecule has 0 bridgehead atoms. The van der Waals surface area contributed by atoms with E-state index in [9.17, 15) is 9.59 Å². The van der Waals surface area contributed by atoms with Crippen LogP contribution in [0.4, 0.5) is 0 Å². The fourth-order valence-electron chi connectivity index (χ4n) is 1.74. The van der Waals surface area contributed by atoms with Gasteiger partial charge in [-0.2, -0.15) is 9.36 Å². The molecular weight excluding hydrogens is 276 g/mol. The first-order chi connectivity index (χ1) is 10.1. The first-order valence-corrected chi connectivity index (χ1v) is 6.43. The number of hydrogen-bond donors (Lipinski definition) is 0. The van der Waals surface area contributed by atoms with Crippen molar-refractivity contribution in [3.63, 3.8) is 0 Å². The van der Waals surface area contributed by atoms with E-state index in [1.807, 2.05) is 12.1 Å². The summed E-state index contributed by atoms with van der Waals surface area (Å²) in [5, 5.41) is 7.40. The molecule has 112 valence electrons. The minimum absolute atomic E-state index is 0.241. The Morgan fingerprint density at radius 1 is 1.19 bits per heavy atom. The normalized spacial score (nSPS) is 10.4. The second kappa shape index (κ2) is 6.69. The zero-order valence-electron chi connectivity index (χ0n) is 11.9. The number of nitrogens with zero attached hydrogens (tertiary/aromatic N) is 4. The Kier molecular flexibility index (Phi) is 4.70. The topological polar surface area (TPSA) is 88.2 Å². The number of ether oxygens (including phenoxy) is 2. The van der Waals surface area contributed by atoms with Crippen molar-refractivity contribution in [1.29, 1.82) is 0 Å². The number of esters is 1. The minimum atomic E-state index is -0.518. The van der Waals surface area contributed by atoms with Gasteiger partial charge in [-0.3, -0.25) is 4.79 Å². The van der Waals surface area contributed by atoms with Gasteiger partial charge in [-0.15, -0.1) is 0 Å². The van der Waals surface area contributed by atoms with Gasteiger partial charge in [-0.25, -0.2) is 4.79 Å². The first kappa shape index (κ1) is 14.8. The van der Waals surface area contributed by atoms with Crippen molar-refractivity contribution in [3.8, 4) is 5.75 Å². The number of rotatable bonds is 6. The Morgan fingerprint density at radius 3 is 2.48 bits per heavy atom. The van der Waals surface area contributed by atoms with Crippen molar-refractivity contribution in [3.05, 3.63) is 40.3 Å². The van der Waals surface area contributed by atoms with E-state index >= 15 is 0 Å². The number of tetrazole rings is 1. The van der Waals surface area contributed by atoms with Gasteiger partial charge in [0.15, 0.2) is 0 Å². The summed E-state index contributed by atoms with van der Waals surface area (Å²) in [7, 11) is 1.58. The molecule has 0 saturated heterocycles. The standard InChI is InChI=1S/C13H16N4O4/c1-3-21-12(18)9-17-13(19)16(14-15-17)8-10-4-6-11(20-2)7-5-10/h4-7H,3,8-9H2,1-2H3. The third-order valence-corrected chi connectivity index (χ3v) is 2.77. The molecule has 1 aromatic carbocycles. The molecular formula is C13H16N4O4. The Bertz CT molecular complexity index is 660. The van der Waals surface area contributed by atoms with E-state index in [2.05, 4.69) is 10.4 Å². The molecule has 0 aliphatic heterocycles. The van der Waals surface area contributed by atoms with Gasteiger partial charge in [0.05, 0.1) is 20.3 Å². The maximum atomic E-state index is 12.0. The zero-order chi connectivity index (χ0) is 15.2. The van der Waals surface area contributed by atoms with Crippen molar-refractivity contribution < 1.29 is 14.3 Å². The summed E-state index contributed by atoms with van der Waals surface area (Å²) < 4.78 is 12.0. The van der Waals surface area contributed by atoms with Crippen LogP contribution in [0.1, 0.15) is 12.5 Å². The molecule has 1 aromatic heterocycles. The third kappa shape index (κ3) is 3.68. The molecule has 0 fully saturated rings. The molecule has 8 nitrogen and oxygen atoms in total. The van der Waals surface area contributed by atoms with Crippen molar-refractivity contribution in [1.82, 2.24) is 19.8 Å². The second-order valence-corrected chi connectivity index (χ2v) is 4.23. The van der Waals surface area contributed by atoms with Crippen LogP contribution in [0.25, 0.3) is 0 Å². The molecule has 21 heavy (non-hydrogen) atoms. The summed E-state index contributed by atoms with van der Waals surface area (Å²) in [5.74, 6) is 0.216. The second-order valence-electron chi connectivity index (χ2n) is 4.23. The average Bonchev–Trinajstić information content (AvgIpc) is 2.81. The highest BCUT2D eigenvalue weighted by atomic mass is 16.5. The van der Waals surface area contributed by atoms with E-state index < -0.39 is 11.7 Å². The van der Waals surface area contributed by atoms with Gasteiger partial charge in [-0.1, -0.05) is 12.1 Å². The van der Waals surface area contributed by atoms with Crippen molar-refractivity contribution in [2.75, 3.05) is 13.7 Å². The molecule has 2 rings (SSSR count). The fourth-order valence-corrected chi connectivity index (χ4v) is 1.74. The Labute approximate surface area is 120 Å². The summed E-state index contributed by atoms with van der Waals surface area (Å²) in [4.78, 5) is 23.3. The van der Waals surface area contributed by atoms with Crippen LogP contribution in [0.5, 0.6) is 5.75 Å². The van der Waals surface area contributed by atoms with Crippen LogP contribution < -0.4 is 10.4 Å². The number of aromatic nitrogens is 4. The molecule has 0 unspecified atom stereocenters. The van der Waals surface area contributed by atoms with Crippen LogP contribution in [0.3, 0.4) is 0 Å². The van der Waals surface area contributed by atoms with Crippen molar-refractivity contribution in [2.24, 2.45) is 0 Å². The molecule has 0 aliphatic rings. The number of carbonyl (C=O) groups is 1. The summed E-state index contributed by atoms with van der Waals surface area (Å²) in [6, 6.07) is 7.25. The van der Waals surface area contributed by atoms with Crippen LogP contribution in [-0.4, -0.2) is 39.5 Å². The van der Waals surface area contributed by atoms with E-state index in [0.717, 1.165) is 16.0 Å². The van der Waals surface area contributed by atoms with Gasteiger partial charge in [0.1, 0.15) is 12.3 Å². The third-order valence-electron chi connectivity index (χ3n) is 2.77. The molecule has 0 N–H and O–H groups in total. The van der Waals surface area contributed by atoms with E-state index in [-0.39, 0.29) is 19.7 Å². The number of benzene rings is 1. The molecule has 0 saturated carbocycles. The zero-order valence-corrected chi connectivity index (χ0v) is 11.9. The highest BCUT2D eigenvalue weighted by Crippen LogP contribution is 2.11. The Morgan fingerprint density at radius 2 is 1.86 bits per heavy atom. The molecule has 1 heterocycles. The monoisotopic (exact) mass is 292 g/mol. The number of carbonyl (C=O) groups excluding carboxylic acids is 1. The highest BCUT2D eigenvalue weighted by molar-refractivity contribution is 5.68. The largest absolute Gasteiger partial charge is 0.497 e. The van der Waals surface area contributed by atoms with Crippen LogP contribution in [-0.2, 0) is 22.6 Å². The molecule has 0 radical (unpaired) electrons. The van der Waals surface area contributed by atoms with Gasteiger partial charge in [-0.05, 0) is 35.0 Å². The quantitative estimate of drug-likeness (QED) is 0.700. The predicted octanol–water partition coefficient (Wildman–Crippen LogP) is 0.0598. The van der Waals surface area contributed by atoms with Crippen LogP contribution >= 0.6 is 0 Å². The SMILES string of the molecule is CCOC(=O)Cn1nnn(Cc2ccc(OC)cc2)c1=O. The van der Waals surface area contributed by atoms with Gasteiger partial charge >= 0.3 is 11.7 Å². The number of methoxy groups -OCH3 is 1. The Balaban J connectivity index is 2.09. The smallest absolute Gasteiger partial charge is 0.364 e. The lowest BCUT2D eigenvalue weighted by molar-refractivity contribution is -0.144. The van der Waals surface area contributed by atoms with Crippen LogP contribution in [0, 0.1) is 0 Å². The van der Waals surface area contributed by atoms with Crippen LogP contribution in [0.15, 0.2) is 29.1 Å². The minimum Gasteiger partial charge on any atom is -0.497 e. The first-order valence-electron chi connectivity index (χ1n) is 6.43. The van der Waals surface area contributed by atoms with Crippen molar-refractivity contribution in [2.45, 2.75) is 20.0 Å². The van der Waals surface area contributed by atoms with Gasteiger partial charge in [0, 0.05) is 0 Å². The molecule has 0 aliphatic carbocycles. The van der Waals surface area contributed by atoms with E-state index in [1.165, 1.54) is 4.68 Å². The maximum Gasteiger partial charge on any atom is 0.364 e. The average molecular weight is 292 g/mol. The molecule has 0 amide bonds. The summed E-state index contributed by atoms with van der Waals surface area (Å²) in [6.07, 6.45) is 0. The van der Waals surface area contributed by atoms with E-state index in [4.69, 9.17) is 9.47 Å². The molecule has 0 spiro atoms. The molecule has 2 aromatic rings. The maximum absolute atomic E-state index is 12.0. The molecule has 8 heteroatoms. The Hall–Kier alpha value is -2.64. The lowest BCUT2D eigenvalue weighted by Gasteiger charge is -2.02. The van der Waals surface area contributed by atoms with Gasteiger partial charge < -0.3 is 9.47 Å². The predicted molar refractivity (Wildman–Crippen MR) is 73.0 cm³/mol. The van der Waals surface area contributed by atoms with E-state index in [1.54, 1.807) is 26.2 Å². The lowest BCUT2D eigenvalue weighted by atomic mass is 10.2. The van der Waals surface area contributed by atoms with Crippen LogP contribution in [0.2, 0.25) is 0 Å².